The van der Waals surface area contributed by atoms with E-state index in [2.05, 4.69) is 12.6 Å². The average molecular weight is 329 g/mol. The van der Waals surface area contributed by atoms with Crippen LogP contribution in [0.4, 0.5) is 0 Å². The zero-order valence-corrected chi connectivity index (χ0v) is 14.4. The highest BCUT2D eigenvalue weighted by Crippen LogP contribution is 2.41. The van der Waals surface area contributed by atoms with Gasteiger partial charge in [0.05, 0.1) is 16.1 Å². The van der Waals surface area contributed by atoms with Crippen molar-refractivity contribution in [1.29, 1.82) is 0 Å². The minimum atomic E-state index is -0.412. The Bertz CT molecular complexity index is 238. The van der Waals surface area contributed by atoms with Crippen LogP contribution in [0.2, 0.25) is 0 Å². The van der Waals surface area contributed by atoms with Crippen LogP contribution in [0.25, 0.3) is 0 Å². The van der Waals surface area contributed by atoms with E-state index >= 15 is 0 Å². The molecule has 0 aromatic carbocycles. The Kier molecular flexibility index (Phi) is 13.0. The molecule has 0 aliphatic heterocycles. The van der Waals surface area contributed by atoms with Crippen LogP contribution < -0.4 is 0 Å². The van der Waals surface area contributed by atoms with Crippen molar-refractivity contribution in [3.8, 4) is 0 Å². The maximum absolute atomic E-state index is 10.5. The van der Waals surface area contributed by atoms with Gasteiger partial charge in [-0.3, -0.25) is 0 Å². The lowest BCUT2D eigenvalue weighted by Crippen LogP contribution is -2.20. The third kappa shape index (κ3) is 18.4. The molecule has 0 fully saturated rings. The number of carbonyl (C=O) groups excluding carboxylic acids is 2. The molecule has 0 radical (unpaired) electrons. The van der Waals surface area contributed by atoms with Crippen LogP contribution in [0.5, 0.6) is 0 Å². The Hall–Kier alpha value is 0.350. The van der Waals surface area contributed by atoms with Crippen LogP contribution >= 0.6 is 34.2 Å². The molecule has 0 saturated heterocycles. The Morgan fingerprint density at radius 3 is 1.26 bits per heavy atom. The second kappa shape index (κ2) is 10.1. The van der Waals surface area contributed by atoms with E-state index in [4.69, 9.17) is 5.11 Å². The summed E-state index contributed by atoms with van der Waals surface area (Å²) in [5.41, 5.74) is 0. The molecule has 6 heteroatoms. The maximum Gasteiger partial charge on any atom is 0.136 e. The van der Waals surface area contributed by atoms with Crippen molar-refractivity contribution in [1.82, 2.24) is 0 Å². The van der Waals surface area contributed by atoms with Gasteiger partial charge in [0.2, 0.25) is 0 Å². The van der Waals surface area contributed by atoms with E-state index in [9.17, 15) is 9.59 Å². The van der Waals surface area contributed by atoms with E-state index in [1.807, 2.05) is 41.5 Å². The molecule has 1 N–H and O–H groups in total. The predicted octanol–water partition coefficient (Wildman–Crippen LogP) is 3.65. The van der Waals surface area contributed by atoms with Gasteiger partial charge in [0.15, 0.2) is 0 Å². The van der Waals surface area contributed by atoms with E-state index in [1.54, 1.807) is 0 Å². The van der Waals surface area contributed by atoms with Crippen LogP contribution in [0, 0.1) is 0 Å². The topological polar surface area (TPSA) is 54.4 Å². The quantitative estimate of drug-likeness (QED) is 0.443. The first kappa shape index (κ1) is 24.4. The van der Waals surface area contributed by atoms with Crippen molar-refractivity contribution < 1.29 is 14.7 Å². The molecule has 0 saturated carbocycles. The summed E-state index contributed by atoms with van der Waals surface area (Å²) >= 11 is 4.00. The van der Waals surface area contributed by atoms with E-state index < -0.39 is 9.49 Å². The third-order valence-electron chi connectivity index (χ3n) is 1.43. The second-order valence-electron chi connectivity index (χ2n) is 5.58. The van der Waals surface area contributed by atoms with Gasteiger partial charge in [-0.1, -0.05) is 29.0 Å². The minimum absolute atomic E-state index is 0. The van der Waals surface area contributed by atoms with Gasteiger partial charge in [-0.05, 0) is 41.5 Å². The number of aliphatic hydroxyl groups excluding tert-OH is 1. The fraction of sp³-hybridized carbons (Fsp3) is 0.846. The number of thiol groups is 1. The van der Waals surface area contributed by atoms with Crippen molar-refractivity contribution in [3.05, 3.63) is 0 Å². The number of aliphatic hydroxyl groups is 1. The van der Waals surface area contributed by atoms with Crippen molar-refractivity contribution in [2.75, 3.05) is 6.61 Å². The van der Waals surface area contributed by atoms with Gasteiger partial charge in [0, 0.05) is 4.75 Å². The van der Waals surface area contributed by atoms with E-state index in [0.717, 1.165) is 12.6 Å². The SMILES string of the molecule is C.CC(C)(C=O)SSC(C)(C)C=O.CC(C)(S)CO. The van der Waals surface area contributed by atoms with Gasteiger partial charge >= 0.3 is 0 Å². The summed E-state index contributed by atoms with van der Waals surface area (Å²) in [5.74, 6) is 0. The fourth-order valence-electron chi connectivity index (χ4n) is 0.254. The van der Waals surface area contributed by atoms with Gasteiger partial charge in [0.1, 0.15) is 12.6 Å². The molecular formula is C13H28O3S3. The smallest absolute Gasteiger partial charge is 0.136 e. The zero-order valence-electron chi connectivity index (χ0n) is 11.9. The van der Waals surface area contributed by atoms with Crippen molar-refractivity contribution in [2.24, 2.45) is 0 Å². The summed E-state index contributed by atoms with van der Waals surface area (Å²) in [4.78, 5) is 21.0. The van der Waals surface area contributed by atoms with Gasteiger partial charge < -0.3 is 14.7 Å². The third-order valence-corrected chi connectivity index (χ3v) is 5.53. The first-order valence-electron chi connectivity index (χ1n) is 5.52. The molecule has 0 aliphatic rings. The molecule has 19 heavy (non-hydrogen) atoms. The average Bonchev–Trinajstić information content (AvgIpc) is 2.27. The number of aldehydes is 2. The molecule has 0 aliphatic carbocycles. The van der Waals surface area contributed by atoms with Crippen LogP contribution in [-0.2, 0) is 9.59 Å². The fourth-order valence-corrected chi connectivity index (χ4v) is 2.29. The van der Waals surface area contributed by atoms with Gasteiger partial charge in [-0.15, -0.1) is 0 Å². The predicted molar refractivity (Wildman–Crippen MR) is 92.3 cm³/mol. The Morgan fingerprint density at radius 1 is 0.947 bits per heavy atom. The summed E-state index contributed by atoms with van der Waals surface area (Å²) in [6.45, 7) is 11.2. The Labute approximate surface area is 131 Å². The molecular weight excluding hydrogens is 300 g/mol. The first-order chi connectivity index (χ1) is 7.89. The molecule has 0 aromatic heterocycles. The molecule has 0 bridgehead atoms. The van der Waals surface area contributed by atoms with Crippen LogP contribution in [-0.4, -0.2) is 38.5 Å². The summed E-state index contributed by atoms with van der Waals surface area (Å²) in [7, 11) is 2.86. The lowest BCUT2D eigenvalue weighted by molar-refractivity contribution is -0.109. The largest absolute Gasteiger partial charge is 0.395 e. The summed E-state index contributed by atoms with van der Waals surface area (Å²) < 4.78 is -1.03. The summed E-state index contributed by atoms with van der Waals surface area (Å²) in [5, 5.41) is 8.33. The molecule has 0 amide bonds. The maximum atomic E-state index is 10.5. The molecule has 3 nitrogen and oxygen atoms in total. The monoisotopic (exact) mass is 328 g/mol. The second-order valence-corrected chi connectivity index (χ2v) is 10.2. The minimum Gasteiger partial charge on any atom is -0.395 e. The first-order valence-corrected chi connectivity index (χ1v) is 8.11. The van der Waals surface area contributed by atoms with Gasteiger partial charge in [-0.2, -0.15) is 12.6 Å². The Morgan fingerprint density at radius 2 is 1.16 bits per heavy atom. The van der Waals surface area contributed by atoms with Crippen LogP contribution in [0.15, 0.2) is 0 Å². The number of hydrogen-bond donors (Lipinski definition) is 2. The van der Waals surface area contributed by atoms with Crippen LogP contribution in [0.1, 0.15) is 49.0 Å². The number of rotatable bonds is 6. The zero-order chi connectivity index (χ0) is 15.0. The number of carbonyl (C=O) groups is 2. The molecule has 0 heterocycles. The van der Waals surface area contributed by atoms with Crippen molar-refractivity contribution in [2.45, 2.75) is 63.2 Å². The van der Waals surface area contributed by atoms with Gasteiger partial charge in [0.25, 0.3) is 0 Å². The molecule has 0 atom stereocenters. The lowest BCUT2D eigenvalue weighted by atomic mass is 10.2. The van der Waals surface area contributed by atoms with Gasteiger partial charge in [-0.25, -0.2) is 0 Å². The van der Waals surface area contributed by atoms with E-state index in [-0.39, 0.29) is 18.8 Å². The molecule has 116 valence electrons. The normalized spacial score (nSPS) is 11.8. The molecule has 0 spiro atoms. The number of hydrogen-bond acceptors (Lipinski definition) is 6. The highest BCUT2D eigenvalue weighted by Gasteiger charge is 2.24. The molecule has 0 unspecified atom stereocenters. The molecule has 0 aromatic rings. The van der Waals surface area contributed by atoms with Crippen molar-refractivity contribution >= 4 is 46.8 Å². The Balaban J connectivity index is -0.000000313. The highest BCUT2D eigenvalue weighted by molar-refractivity contribution is 8.78. The molecule has 0 rings (SSSR count). The highest BCUT2D eigenvalue weighted by atomic mass is 33.1. The van der Waals surface area contributed by atoms with Crippen molar-refractivity contribution in [3.63, 3.8) is 0 Å². The summed E-state index contributed by atoms with van der Waals surface area (Å²) in [6, 6.07) is 0. The van der Waals surface area contributed by atoms with E-state index in [0.29, 0.717) is 0 Å². The van der Waals surface area contributed by atoms with E-state index in [1.165, 1.54) is 21.6 Å². The summed E-state index contributed by atoms with van der Waals surface area (Å²) in [6.07, 6.45) is 1.79. The lowest BCUT2D eigenvalue weighted by Gasteiger charge is -2.21. The van der Waals surface area contributed by atoms with Crippen LogP contribution in [0.3, 0.4) is 0 Å². The standard InChI is InChI=1S/C8H14O2S2.C4H10OS.CH4/c1-7(2,5-9)11-12-8(3,4)6-10;1-4(2,6)3-5;/h5-6H,1-4H3;5-6H,3H2,1-2H3;1H4.